The molecule has 0 spiro atoms. The van der Waals surface area contributed by atoms with Gasteiger partial charge in [0, 0.05) is 12.4 Å². The number of rotatable bonds is 5. The van der Waals surface area contributed by atoms with Gasteiger partial charge in [-0.15, -0.1) is 0 Å². The Balaban J connectivity index is 1.20. The second-order valence-electron chi connectivity index (χ2n) is 7.30. The molecule has 1 N–H and O–H groups in total. The van der Waals surface area contributed by atoms with E-state index in [1.807, 2.05) is 54.0 Å². The lowest BCUT2D eigenvalue weighted by atomic mass is 10.0. The first-order valence-electron chi connectivity index (χ1n) is 9.90. The van der Waals surface area contributed by atoms with Crippen molar-refractivity contribution in [1.29, 1.82) is 0 Å². The summed E-state index contributed by atoms with van der Waals surface area (Å²) in [5.74, 6) is 0. The van der Waals surface area contributed by atoms with Crippen molar-refractivity contribution >= 4 is 23.5 Å². The minimum Gasteiger partial charge on any atom is -0.445 e. The monoisotopic (exact) mass is 415 g/mol. The highest BCUT2D eigenvalue weighted by Crippen LogP contribution is 2.38. The maximum Gasteiger partial charge on any atom is 0.408 e. The van der Waals surface area contributed by atoms with Crippen molar-refractivity contribution in [3.05, 3.63) is 89.7 Å². The first kappa shape index (κ1) is 18.8. The molecule has 5 nitrogen and oxygen atoms in total. The predicted molar refractivity (Wildman–Crippen MR) is 119 cm³/mol. The van der Waals surface area contributed by atoms with E-state index in [1.54, 1.807) is 0 Å². The van der Waals surface area contributed by atoms with Gasteiger partial charge >= 0.3 is 6.09 Å². The molecule has 6 heteroatoms. The van der Waals surface area contributed by atoms with Crippen molar-refractivity contribution in [2.75, 3.05) is 0 Å². The number of carbonyl (C=O) groups is 1. The number of thioether (sulfide) groups is 1. The number of alkyl carbamates (subject to hydrolysis) is 1. The number of pyridine rings is 1. The molecule has 0 bridgehead atoms. The average Bonchev–Trinajstić information content (AvgIpc) is 3.32. The fourth-order valence-electron chi connectivity index (χ4n) is 3.89. The van der Waals surface area contributed by atoms with E-state index in [9.17, 15) is 4.79 Å². The standard InChI is InChI=1S/C24H21N3O2S/c1-16(30-23-14-27-12-5-4-11-22(27)26-23)25-24(28)29-15-18-8-6-10-20-19-9-3-2-7-17(19)13-21(18)20/h2-12,14,16H,13,15H2,1H3,(H,25,28). The number of imidazole rings is 1. The Kier molecular flexibility index (Phi) is 4.93. The van der Waals surface area contributed by atoms with Crippen LogP contribution in [0.1, 0.15) is 23.6 Å². The third kappa shape index (κ3) is 3.66. The Morgan fingerprint density at radius 2 is 1.97 bits per heavy atom. The topological polar surface area (TPSA) is 55.6 Å². The summed E-state index contributed by atoms with van der Waals surface area (Å²) in [7, 11) is 0. The number of aromatic nitrogens is 2. The van der Waals surface area contributed by atoms with Gasteiger partial charge < -0.3 is 14.5 Å². The normalized spacial score (nSPS) is 13.0. The van der Waals surface area contributed by atoms with E-state index in [0.717, 1.165) is 22.7 Å². The summed E-state index contributed by atoms with van der Waals surface area (Å²) in [5.41, 5.74) is 7.02. The third-order valence-corrected chi connectivity index (χ3v) is 6.18. The van der Waals surface area contributed by atoms with Crippen molar-refractivity contribution in [2.45, 2.75) is 30.4 Å². The van der Waals surface area contributed by atoms with E-state index >= 15 is 0 Å². The Bertz CT molecular complexity index is 1200. The molecule has 2 aromatic heterocycles. The van der Waals surface area contributed by atoms with E-state index in [2.05, 4.69) is 40.6 Å². The van der Waals surface area contributed by atoms with E-state index in [0.29, 0.717) is 0 Å². The lowest BCUT2D eigenvalue weighted by Crippen LogP contribution is -2.30. The van der Waals surface area contributed by atoms with Crippen LogP contribution < -0.4 is 5.32 Å². The van der Waals surface area contributed by atoms with Crippen LogP contribution in [0.3, 0.4) is 0 Å². The van der Waals surface area contributed by atoms with Gasteiger partial charge in [0.25, 0.3) is 0 Å². The quantitative estimate of drug-likeness (QED) is 0.314. The summed E-state index contributed by atoms with van der Waals surface area (Å²) < 4.78 is 7.49. The minimum absolute atomic E-state index is 0.159. The molecule has 4 aromatic rings. The summed E-state index contributed by atoms with van der Waals surface area (Å²) in [6, 6.07) is 20.5. The van der Waals surface area contributed by atoms with Gasteiger partial charge in [-0.2, -0.15) is 0 Å². The summed E-state index contributed by atoms with van der Waals surface area (Å²) in [6.45, 7) is 2.18. The molecule has 30 heavy (non-hydrogen) atoms. The second kappa shape index (κ2) is 7.88. The highest BCUT2D eigenvalue weighted by atomic mass is 32.2. The van der Waals surface area contributed by atoms with Gasteiger partial charge in [-0.1, -0.05) is 60.3 Å². The summed E-state index contributed by atoms with van der Waals surface area (Å²) in [5, 5.41) is 3.58. The Labute approximate surface area is 179 Å². The summed E-state index contributed by atoms with van der Waals surface area (Å²) in [6.07, 6.45) is 4.36. The number of carbonyl (C=O) groups excluding carboxylic acids is 1. The van der Waals surface area contributed by atoms with Crippen LogP contribution in [0.2, 0.25) is 0 Å². The Morgan fingerprint density at radius 1 is 1.13 bits per heavy atom. The van der Waals surface area contributed by atoms with Gasteiger partial charge in [0.2, 0.25) is 0 Å². The molecule has 1 atom stereocenters. The number of ether oxygens (including phenoxy) is 1. The molecular formula is C24H21N3O2S. The van der Waals surface area contributed by atoms with Crippen LogP contribution in [0, 0.1) is 0 Å². The Hall–Kier alpha value is -3.25. The molecule has 0 radical (unpaired) electrons. The number of nitrogens with zero attached hydrogens (tertiary/aromatic N) is 2. The van der Waals surface area contributed by atoms with Crippen molar-refractivity contribution in [1.82, 2.24) is 14.7 Å². The van der Waals surface area contributed by atoms with E-state index in [4.69, 9.17) is 4.74 Å². The lowest BCUT2D eigenvalue weighted by molar-refractivity contribution is 0.139. The molecule has 0 saturated heterocycles. The van der Waals surface area contributed by atoms with Gasteiger partial charge in [-0.25, -0.2) is 9.78 Å². The first-order valence-corrected chi connectivity index (χ1v) is 10.8. The van der Waals surface area contributed by atoms with Crippen molar-refractivity contribution in [3.63, 3.8) is 0 Å². The van der Waals surface area contributed by atoms with Gasteiger partial charge in [-0.05, 0) is 53.3 Å². The largest absolute Gasteiger partial charge is 0.445 e. The van der Waals surface area contributed by atoms with Crippen LogP contribution in [0.5, 0.6) is 0 Å². The zero-order valence-corrected chi connectivity index (χ0v) is 17.4. The zero-order chi connectivity index (χ0) is 20.5. The fourth-order valence-corrected chi connectivity index (χ4v) is 4.73. The first-order chi connectivity index (χ1) is 14.7. The fraction of sp³-hybridized carbons (Fsp3) is 0.167. The number of nitrogens with one attached hydrogen (secondary N) is 1. The zero-order valence-electron chi connectivity index (χ0n) is 16.5. The molecule has 1 aliphatic rings. The summed E-state index contributed by atoms with van der Waals surface area (Å²) >= 11 is 1.49. The molecule has 1 aliphatic carbocycles. The van der Waals surface area contributed by atoms with Crippen LogP contribution in [0.25, 0.3) is 16.8 Å². The molecule has 0 fully saturated rings. The molecule has 0 aliphatic heterocycles. The molecule has 1 unspecified atom stereocenters. The maximum absolute atomic E-state index is 12.3. The molecule has 5 rings (SSSR count). The molecule has 2 aromatic carbocycles. The second-order valence-corrected chi connectivity index (χ2v) is 8.66. The number of hydrogen-bond donors (Lipinski definition) is 1. The van der Waals surface area contributed by atoms with Crippen LogP contribution in [-0.2, 0) is 17.8 Å². The highest BCUT2D eigenvalue weighted by Gasteiger charge is 2.21. The van der Waals surface area contributed by atoms with Crippen LogP contribution >= 0.6 is 11.8 Å². The Morgan fingerprint density at radius 3 is 2.87 bits per heavy atom. The van der Waals surface area contributed by atoms with Crippen molar-refractivity contribution < 1.29 is 9.53 Å². The van der Waals surface area contributed by atoms with Crippen molar-refractivity contribution in [2.24, 2.45) is 0 Å². The van der Waals surface area contributed by atoms with Crippen LogP contribution in [-0.4, -0.2) is 20.9 Å². The van der Waals surface area contributed by atoms with Gasteiger partial charge in [-0.3, -0.25) is 0 Å². The number of benzene rings is 2. The smallest absolute Gasteiger partial charge is 0.408 e. The molecule has 0 saturated carbocycles. The van der Waals surface area contributed by atoms with Crippen LogP contribution in [0.15, 0.2) is 78.1 Å². The maximum atomic E-state index is 12.3. The van der Waals surface area contributed by atoms with Crippen molar-refractivity contribution in [3.8, 4) is 11.1 Å². The number of amides is 1. The lowest BCUT2D eigenvalue weighted by Gasteiger charge is -2.14. The average molecular weight is 416 g/mol. The minimum atomic E-state index is -0.424. The SMILES string of the molecule is CC(NC(=O)OCc1cccc2c1Cc1ccccc1-2)Sc1cn2ccccc2n1. The highest BCUT2D eigenvalue weighted by molar-refractivity contribution is 7.99. The molecule has 2 heterocycles. The van der Waals surface area contributed by atoms with Crippen LogP contribution in [0.4, 0.5) is 4.79 Å². The van der Waals surface area contributed by atoms with Gasteiger partial charge in [0.15, 0.2) is 0 Å². The van der Waals surface area contributed by atoms with E-state index < -0.39 is 6.09 Å². The molecule has 150 valence electrons. The third-order valence-electron chi connectivity index (χ3n) is 5.27. The number of hydrogen-bond acceptors (Lipinski definition) is 4. The van der Waals surface area contributed by atoms with Gasteiger partial charge in [0.05, 0.1) is 5.37 Å². The summed E-state index contributed by atoms with van der Waals surface area (Å²) in [4.78, 5) is 16.9. The molecular weight excluding hydrogens is 394 g/mol. The predicted octanol–water partition coefficient (Wildman–Crippen LogP) is 5.27. The van der Waals surface area contributed by atoms with Gasteiger partial charge in [0.1, 0.15) is 17.3 Å². The van der Waals surface area contributed by atoms with E-state index in [1.165, 1.54) is 34.0 Å². The number of fused-ring (bicyclic) bond motifs is 4. The van der Waals surface area contributed by atoms with E-state index in [-0.39, 0.29) is 12.0 Å². The molecule has 1 amide bonds.